The van der Waals surface area contributed by atoms with Crippen LogP contribution in [0.1, 0.15) is 27.7 Å². The van der Waals surface area contributed by atoms with Crippen LogP contribution in [0, 0.1) is 0 Å². The minimum Gasteiger partial charge on any atom is -0.299 e. The predicted octanol–water partition coefficient (Wildman–Crippen LogP) is 3.92. The van der Waals surface area contributed by atoms with Crippen LogP contribution < -0.4 is 5.32 Å². The van der Waals surface area contributed by atoms with Gasteiger partial charge < -0.3 is 0 Å². The Hall–Kier alpha value is -1.50. The van der Waals surface area contributed by atoms with Crippen molar-refractivity contribution in [2.45, 2.75) is 39.8 Å². The van der Waals surface area contributed by atoms with E-state index in [1.54, 1.807) is 12.1 Å². The zero-order chi connectivity index (χ0) is 17.0. The van der Waals surface area contributed by atoms with Gasteiger partial charge in [0.2, 0.25) is 11.0 Å². The molecule has 0 saturated carbocycles. The van der Waals surface area contributed by atoms with Crippen LogP contribution in [0.5, 0.6) is 0 Å². The minimum absolute atomic E-state index is 0.0776. The Morgan fingerprint density at radius 2 is 1.78 bits per heavy atom. The molecule has 0 bridgehead atoms. The molecule has 0 saturated heterocycles. The first-order valence-electron chi connectivity index (χ1n) is 7.52. The molecular formula is C16H21ClN4OS. The van der Waals surface area contributed by atoms with Crippen molar-refractivity contribution in [3.63, 3.8) is 0 Å². The topological polar surface area (TPSA) is 58.1 Å². The third-order valence-corrected chi connectivity index (χ3v) is 4.56. The van der Waals surface area contributed by atoms with E-state index < -0.39 is 0 Å². The molecule has 1 aromatic carbocycles. The normalized spacial score (nSPS) is 11.5. The van der Waals surface area contributed by atoms with E-state index in [2.05, 4.69) is 48.1 Å². The third-order valence-electron chi connectivity index (χ3n) is 3.42. The maximum absolute atomic E-state index is 12.2. The molecule has 1 N–H and O–H groups in total. The lowest BCUT2D eigenvalue weighted by molar-refractivity contribution is -0.118. The number of hydrogen-bond donors (Lipinski definition) is 1. The zero-order valence-corrected chi connectivity index (χ0v) is 15.3. The fourth-order valence-corrected chi connectivity index (χ4v) is 3.16. The molecule has 23 heavy (non-hydrogen) atoms. The summed E-state index contributed by atoms with van der Waals surface area (Å²) in [5.41, 5.74) is 0.929. The van der Waals surface area contributed by atoms with E-state index in [4.69, 9.17) is 11.6 Å². The van der Waals surface area contributed by atoms with Gasteiger partial charge in [0, 0.05) is 22.7 Å². The van der Waals surface area contributed by atoms with Gasteiger partial charge in [-0.15, -0.1) is 10.2 Å². The van der Waals surface area contributed by atoms with Crippen LogP contribution in [0.2, 0.25) is 5.02 Å². The fraction of sp³-hybridized carbons (Fsp3) is 0.438. The highest BCUT2D eigenvalue weighted by molar-refractivity contribution is 7.18. The smallest absolute Gasteiger partial charge is 0.240 e. The van der Waals surface area contributed by atoms with Crippen molar-refractivity contribution in [1.82, 2.24) is 15.1 Å². The molecule has 5 nitrogen and oxygen atoms in total. The molecule has 0 unspecified atom stereocenters. The second-order valence-electron chi connectivity index (χ2n) is 5.83. The first-order valence-corrected chi connectivity index (χ1v) is 8.71. The van der Waals surface area contributed by atoms with E-state index in [1.807, 2.05) is 12.1 Å². The number of benzene rings is 1. The molecule has 0 radical (unpaired) electrons. The number of hydrogen-bond acceptors (Lipinski definition) is 5. The van der Waals surface area contributed by atoms with E-state index in [0.717, 1.165) is 10.6 Å². The number of nitrogens with zero attached hydrogens (tertiary/aromatic N) is 3. The molecule has 0 fully saturated rings. The zero-order valence-electron chi connectivity index (χ0n) is 13.7. The Kier molecular flexibility index (Phi) is 6.10. The monoisotopic (exact) mass is 352 g/mol. The standard InChI is InChI=1S/C16H21ClN4OS/c1-10(2)21(11(3)4)9-14(22)18-16-20-19-15(23-16)12-5-7-13(17)8-6-12/h5-8,10-11H,9H2,1-4H3,(H,18,20,22). The minimum atomic E-state index is -0.0776. The Morgan fingerprint density at radius 3 is 2.35 bits per heavy atom. The number of anilines is 1. The van der Waals surface area contributed by atoms with E-state index in [9.17, 15) is 4.79 Å². The molecule has 124 valence electrons. The van der Waals surface area contributed by atoms with Crippen molar-refractivity contribution in [1.29, 1.82) is 0 Å². The average molecular weight is 353 g/mol. The summed E-state index contributed by atoms with van der Waals surface area (Å²) >= 11 is 7.23. The summed E-state index contributed by atoms with van der Waals surface area (Å²) in [5, 5.41) is 12.9. The van der Waals surface area contributed by atoms with E-state index in [0.29, 0.717) is 28.8 Å². The highest BCUT2D eigenvalue weighted by atomic mass is 35.5. The Balaban J connectivity index is 2.01. The van der Waals surface area contributed by atoms with Gasteiger partial charge in [0.1, 0.15) is 5.01 Å². The number of aromatic nitrogens is 2. The summed E-state index contributed by atoms with van der Waals surface area (Å²) in [6, 6.07) is 7.99. The summed E-state index contributed by atoms with van der Waals surface area (Å²) in [6.07, 6.45) is 0. The van der Waals surface area contributed by atoms with Crippen molar-refractivity contribution in [3.8, 4) is 10.6 Å². The van der Waals surface area contributed by atoms with Gasteiger partial charge in [0.05, 0.1) is 6.54 Å². The number of carbonyl (C=O) groups excluding carboxylic acids is 1. The van der Waals surface area contributed by atoms with Gasteiger partial charge in [-0.25, -0.2) is 0 Å². The molecule has 1 amide bonds. The summed E-state index contributed by atoms with van der Waals surface area (Å²) in [6.45, 7) is 8.66. The largest absolute Gasteiger partial charge is 0.299 e. The van der Waals surface area contributed by atoms with Gasteiger partial charge in [-0.1, -0.05) is 35.1 Å². The molecule has 1 heterocycles. The van der Waals surface area contributed by atoms with Crippen LogP contribution >= 0.6 is 22.9 Å². The summed E-state index contributed by atoms with van der Waals surface area (Å²) in [4.78, 5) is 14.3. The molecule has 2 rings (SSSR count). The van der Waals surface area contributed by atoms with Crippen LogP contribution in [0.3, 0.4) is 0 Å². The lowest BCUT2D eigenvalue weighted by Crippen LogP contribution is -2.42. The van der Waals surface area contributed by atoms with Gasteiger partial charge >= 0.3 is 0 Å². The Morgan fingerprint density at radius 1 is 1.17 bits per heavy atom. The fourth-order valence-electron chi connectivity index (χ4n) is 2.27. The van der Waals surface area contributed by atoms with Gasteiger partial charge in [-0.2, -0.15) is 0 Å². The summed E-state index contributed by atoms with van der Waals surface area (Å²) in [7, 11) is 0. The molecule has 1 aromatic heterocycles. The van der Waals surface area contributed by atoms with Crippen LogP contribution in [0.25, 0.3) is 10.6 Å². The maximum atomic E-state index is 12.2. The maximum Gasteiger partial charge on any atom is 0.240 e. The number of nitrogens with one attached hydrogen (secondary N) is 1. The molecule has 0 spiro atoms. The quantitative estimate of drug-likeness (QED) is 0.856. The average Bonchev–Trinajstić information content (AvgIpc) is 2.93. The van der Waals surface area contributed by atoms with Crippen LogP contribution in [-0.4, -0.2) is 39.6 Å². The third kappa shape index (κ3) is 4.99. The molecular weight excluding hydrogens is 332 g/mol. The van der Waals surface area contributed by atoms with Crippen LogP contribution in [-0.2, 0) is 4.79 Å². The molecule has 0 aliphatic carbocycles. The predicted molar refractivity (Wildman–Crippen MR) is 96.0 cm³/mol. The van der Waals surface area contributed by atoms with Crippen LogP contribution in [0.15, 0.2) is 24.3 Å². The number of amides is 1. The van der Waals surface area contributed by atoms with Gasteiger partial charge in [0.25, 0.3) is 0 Å². The van der Waals surface area contributed by atoms with Crippen LogP contribution in [0.4, 0.5) is 5.13 Å². The van der Waals surface area contributed by atoms with Crippen molar-refractivity contribution >= 4 is 34.0 Å². The second kappa shape index (κ2) is 7.86. The first kappa shape index (κ1) is 17.8. The van der Waals surface area contributed by atoms with Crippen molar-refractivity contribution in [2.75, 3.05) is 11.9 Å². The first-order chi connectivity index (χ1) is 10.9. The van der Waals surface area contributed by atoms with Gasteiger partial charge in [0.15, 0.2) is 0 Å². The molecule has 0 aliphatic heterocycles. The Labute approximate surface area is 145 Å². The highest BCUT2D eigenvalue weighted by Crippen LogP contribution is 2.27. The van der Waals surface area contributed by atoms with Gasteiger partial charge in [-0.05, 0) is 39.8 Å². The lowest BCUT2D eigenvalue weighted by Gasteiger charge is -2.29. The molecule has 0 aliphatic rings. The van der Waals surface area contributed by atoms with E-state index in [-0.39, 0.29) is 5.91 Å². The molecule has 0 atom stereocenters. The Bertz CT molecular complexity index is 646. The number of halogens is 1. The second-order valence-corrected chi connectivity index (χ2v) is 7.24. The summed E-state index contributed by atoms with van der Waals surface area (Å²) in [5.74, 6) is -0.0776. The number of carbonyl (C=O) groups is 1. The lowest BCUT2D eigenvalue weighted by atomic mass is 10.2. The van der Waals surface area contributed by atoms with Crippen molar-refractivity contribution in [3.05, 3.63) is 29.3 Å². The van der Waals surface area contributed by atoms with E-state index in [1.165, 1.54) is 11.3 Å². The van der Waals surface area contributed by atoms with Crippen molar-refractivity contribution in [2.24, 2.45) is 0 Å². The van der Waals surface area contributed by atoms with Crippen molar-refractivity contribution < 1.29 is 4.79 Å². The van der Waals surface area contributed by atoms with Gasteiger partial charge in [-0.3, -0.25) is 15.0 Å². The molecule has 7 heteroatoms. The highest BCUT2D eigenvalue weighted by Gasteiger charge is 2.18. The molecule has 2 aromatic rings. The van der Waals surface area contributed by atoms with E-state index >= 15 is 0 Å². The summed E-state index contributed by atoms with van der Waals surface area (Å²) < 4.78 is 0. The SMILES string of the molecule is CC(C)N(CC(=O)Nc1nnc(-c2ccc(Cl)cc2)s1)C(C)C. The number of rotatable bonds is 6.